The first kappa shape index (κ1) is 23.6. The van der Waals surface area contributed by atoms with E-state index in [-0.39, 0.29) is 22.9 Å². The molecule has 0 aliphatic heterocycles. The van der Waals surface area contributed by atoms with Gasteiger partial charge in [-0.3, -0.25) is 4.79 Å². The van der Waals surface area contributed by atoms with Gasteiger partial charge in [0.15, 0.2) is 5.78 Å². The normalized spacial score (nSPS) is 10.0. The molecular formula is C26H21BrFeO2. The van der Waals surface area contributed by atoms with E-state index in [0.29, 0.717) is 17.9 Å². The fourth-order valence-corrected chi connectivity index (χ4v) is 3.00. The Morgan fingerprint density at radius 2 is 1.70 bits per heavy atom. The molecule has 0 radical (unpaired) electrons. The van der Waals surface area contributed by atoms with Crippen molar-refractivity contribution in [3.05, 3.63) is 130 Å². The Morgan fingerprint density at radius 3 is 2.33 bits per heavy atom. The van der Waals surface area contributed by atoms with Gasteiger partial charge in [0, 0.05) is 4.47 Å². The zero-order valence-electron chi connectivity index (χ0n) is 16.2. The zero-order valence-corrected chi connectivity index (χ0v) is 18.9. The molecule has 0 amide bonds. The fourth-order valence-electron chi connectivity index (χ4n) is 2.64. The van der Waals surface area contributed by atoms with E-state index in [4.69, 9.17) is 4.74 Å². The standard InChI is InChI=1S/C21H16BrO2.C5H5.Fe/c22-18-11-13-21(24-15-17-8-2-1-3-9-17)19(14-18)20(23)12-10-16-6-4-5-7-16;1-2-4-5-3-1;/h1-14H,15H2;1-5H;/q2*-1;+2. The smallest absolute Gasteiger partial charge is 0.488 e. The van der Waals surface area contributed by atoms with Gasteiger partial charge >= 0.3 is 17.1 Å². The molecule has 0 aliphatic carbocycles. The molecule has 152 valence electrons. The molecule has 0 spiro atoms. The van der Waals surface area contributed by atoms with Crippen LogP contribution in [0.15, 0.2) is 114 Å². The zero-order chi connectivity index (χ0) is 20.3. The minimum Gasteiger partial charge on any atom is -0.488 e. The van der Waals surface area contributed by atoms with Crippen molar-refractivity contribution in [3.63, 3.8) is 0 Å². The minimum atomic E-state index is -0.0828. The fraction of sp³-hybridized carbons (Fsp3) is 0.0385. The summed E-state index contributed by atoms with van der Waals surface area (Å²) in [4.78, 5) is 12.5. The van der Waals surface area contributed by atoms with Crippen LogP contribution in [0.3, 0.4) is 0 Å². The summed E-state index contributed by atoms with van der Waals surface area (Å²) in [5.41, 5.74) is 2.61. The molecule has 4 heteroatoms. The number of ether oxygens (including phenoxy) is 1. The monoisotopic (exact) mass is 500 g/mol. The number of carbonyl (C=O) groups excluding carboxylic acids is 1. The Bertz CT molecular complexity index is 1000. The van der Waals surface area contributed by atoms with Gasteiger partial charge in [-0.1, -0.05) is 52.3 Å². The average molecular weight is 501 g/mol. The second-order valence-corrected chi connectivity index (χ2v) is 7.21. The summed E-state index contributed by atoms with van der Waals surface area (Å²) in [5.74, 6) is 0.500. The minimum absolute atomic E-state index is 0. The maximum atomic E-state index is 12.5. The van der Waals surface area contributed by atoms with Crippen molar-refractivity contribution in [2.24, 2.45) is 0 Å². The molecule has 0 atom stereocenters. The summed E-state index contributed by atoms with van der Waals surface area (Å²) in [7, 11) is 0. The second-order valence-electron chi connectivity index (χ2n) is 6.29. The van der Waals surface area contributed by atoms with Crippen LogP contribution in [-0.2, 0) is 23.7 Å². The van der Waals surface area contributed by atoms with E-state index in [2.05, 4.69) is 15.9 Å². The van der Waals surface area contributed by atoms with Crippen LogP contribution in [0.1, 0.15) is 21.5 Å². The van der Waals surface area contributed by atoms with Gasteiger partial charge in [0.2, 0.25) is 0 Å². The van der Waals surface area contributed by atoms with Crippen LogP contribution in [-0.4, -0.2) is 5.78 Å². The third-order valence-electron chi connectivity index (χ3n) is 4.12. The van der Waals surface area contributed by atoms with Gasteiger partial charge in [0.25, 0.3) is 0 Å². The molecule has 2 nitrogen and oxygen atoms in total. The van der Waals surface area contributed by atoms with Crippen LogP contribution in [0.4, 0.5) is 0 Å². The average Bonchev–Trinajstić information content (AvgIpc) is 3.48. The van der Waals surface area contributed by atoms with Gasteiger partial charge in [-0.2, -0.15) is 42.0 Å². The van der Waals surface area contributed by atoms with Gasteiger partial charge in [0.05, 0.1) is 5.56 Å². The van der Waals surface area contributed by atoms with E-state index < -0.39 is 0 Å². The molecule has 0 saturated heterocycles. The van der Waals surface area contributed by atoms with Gasteiger partial charge in [-0.15, -0.1) is 12.1 Å². The summed E-state index contributed by atoms with van der Waals surface area (Å²) in [6.45, 7) is 0.426. The SMILES string of the molecule is O=C(C=Cc1ccc[cH-]1)c1cc(Br)ccc1OCc1ccccc1.[Fe+2].c1cc[cH-]c1. The predicted molar refractivity (Wildman–Crippen MR) is 122 cm³/mol. The Hall–Kier alpha value is -2.65. The largest absolute Gasteiger partial charge is 2.00 e. The summed E-state index contributed by atoms with van der Waals surface area (Å²) in [5, 5.41) is 0. The topological polar surface area (TPSA) is 26.3 Å². The van der Waals surface area contributed by atoms with Crippen molar-refractivity contribution in [2.45, 2.75) is 6.61 Å². The Balaban J connectivity index is 0.000000468. The maximum absolute atomic E-state index is 12.5. The number of carbonyl (C=O) groups is 1. The van der Waals surface area contributed by atoms with Crippen molar-refractivity contribution in [1.82, 2.24) is 0 Å². The summed E-state index contributed by atoms with van der Waals surface area (Å²) >= 11 is 3.42. The van der Waals surface area contributed by atoms with Crippen molar-refractivity contribution < 1.29 is 26.6 Å². The predicted octanol–water partition coefficient (Wildman–Crippen LogP) is 7.05. The van der Waals surface area contributed by atoms with Gasteiger partial charge < -0.3 is 4.74 Å². The van der Waals surface area contributed by atoms with Crippen molar-refractivity contribution in [3.8, 4) is 5.75 Å². The van der Waals surface area contributed by atoms with E-state index in [1.165, 1.54) is 0 Å². The Kier molecular flexibility index (Phi) is 10.1. The van der Waals surface area contributed by atoms with Gasteiger partial charge in [0.1, 0.15) is 12.4 Å². The molecular weight excluding hydrogens is 480 g/mol. The molecule has 0 heterocycles. The number of allylic oxidation sites excluding steroid dienone is 1. The summed E-state index contributed by atoms with van der Waals surface area (Å²) in [6.07, 6.45) is 3.39. The summed E-state index contributed by atoms with van der Waals surface area (Å²) in [6, 6.07) is 33.2. The van der Waals surface area contributed by atoms with Crippen molar-refractivity contribution in [1.29, 1.82) is 0 Å². The third-order valence-corrected chi connectivity index (χ3v) is 4.61. The maximum Gasteiger partial charge on any atom is 2.00 e. The molecule has 30 heavy (non-hydrogen) atoms. The third kappa shape index (κ3) is 7.64. The number of rotatable bonds is 6. The van der Waals surface area contributed by atoms with E-state index in [1.54, 1.807) is 12.1 Å². The molecule has 0 N–H and O–H groups in total. The van der Waals surface area contributed by atoms with Crippen molar-refractivity contribution in [2.75, 3.05) is 0 Å². The van der Waals surface area contributed by atoms with Crippen LogP contribution in [0.25, 0.3) is 6.08 Å². The van der Waals surface area contributed by atoms with Crippen LogP contribution in [0.5, 0.6) is 5.75 Å². The number of hydrogen-bond acceptors (Lipinski definition) is 2. The Morgan fingerprint density at radius 1 is 0.933 bits per heavy atom. The van der Waals surface area contributed by atoms with E-state index in [9.17, 15) is 4.79 Å². The second kappa shape index (κ2) is 12.8. The molecule has 0 aromatic heterocycles. The van der Waals surface area contributed by atoms with Crippen LogP contribution in [0.2, 0.25) is 0 Å². The Labute approximate surface area is 196 Å². The summed E-state index contributed by atoms with van der Waals surface area (Å²) < 4.78 is 6.71. The number of ketones is 1. The molecule has 0 aliphatic rings. The quantitative estimate of drug-likeness (QED) is 0.123. The van der Waals surface area contributed by atoms with E-state index >= 15 is 0 Å². The first-order chi connectivity index (χ1) is 14.2. The molecule has 0 bridgehead atoms. The first-order valence-electron chi connectivity index (χ1n) is 9.29. The van der Waals surface area contributed by atoms with Crippen LogP contribution < -0.4 is 4.74 Å². The molecule has 4 aromatic carbocycles. The molecule has 0 unspecified atom stereocenters. The van der Waals surface area contributed by atoms with E-state index in [1.807, 2.05) is 103 Å². The van der Waals surface area contributed by atoms with E-state index in [0.717, 1.165) is 15.6 Å². The van der Waals surface area contributed by atoms with Crippen LogP contribution in [0, 0.1) is 0 Å². The molecule has 0 saturated carbocycles. The number of hydrogen-bond donors (Lipinski definition) is 0. The van der Waals surface area contributed by atoms with Crippen molar-refractivity contribution >= 4 is 27.8 Å². The van der Waals surface area contributed by atoms with Crippen LogP contribution >= 0.6 is 15.9 Å². The molecule has 4 aromatic rings. The molecule has 4 rings (SSSR count). The number of benzene rings is 2. The van der Waals surface area contributed by atoms with Gasteiger partial charge in [-0.25, -0.2) is 12.1 Å². The van der Waals surface area contributed by atoms with Gasteiger partial charge in [-0.05, 0) is 23.8 Å². The molecule has 0 fully saturated rings. The number of halogens is 1. The first-order valence-corrected chi connectivity index (χ1v) is 10.1.